The van der Waals surface area contributed by atoms with Gasteiger partial charge in [0.25, 0.3) is 0 Å². The minimum atomic E-state index is -0.831. The van der Waals surface area contributed by atoms with Crippen molar-refractivity contribution in [2.45, 2.75) is 53.6 Å². The van der Waals surface area contributed by atoms with Gasteiger partial charge in [0.2, 0.25) is 17.7 Å². The molecule has 8 atom stereocenters. The van der Waals surface area contributed by atoms with Crippen molar-refractivity contribution in [1.29, 1.82) is 0 Å². The fourth-order valence-corrected chi connectivity index (χ4v) is 9.55. The molecule has 3 N–H and O–H groups in total. The highest BCUT2D eigenvalue weighted by Crippen LogP contribution is 2.68. The summed E-state index contributed by atoms with van der Waals surface area (Å²) < 4.78 is -0.765. The Morgan fingerprint density at radius 2 is 2.06 bits per heavy atom. The van der Waals surface area contributed by atoms with Crippen LogP contribution in [0.1, 0.15) is 26.7 Å². The van der Waals surface area contributed by atoms with E-state index < -0.39 is 28.7 Å². The number of fused-ring (bicyclic) bond motifs is 1. The van der Waals surface area contributed by atoms with Gasteiger partial charge in [-0.25, -0.2) is 0 Å². The third-order valence-electron chi connectivity index (χ3n) is 7.50. The van der Waals surface area contributed by atoms with Crippen LogP contribution >= 0.6 is 39.3 Å². The zero-order valence-electron chi connectivity index (χ0n) is 18.8. The lowest BCUT2D eigenvalue weighted by molar-refractivity contribution is -0.143. The summed E-state index contributed by atoms with van der Waals surface area (Å²) in [7, 11) is 1.57. The van der Waals surface area contributed by atoms with Crippen LogP contribution in [0.5, 0.6) is 0 Å². The molecular formula is C23H29BrClN3O4S. The highest BCUT2D eigenvalue weighted by Gasteiger charge is 2.76. The lowest BCUT2D eigenvalue weighted by Crippen LogP contribution is -2.56. The number of anilines is 1. The number of aliphatic hydroxyl groups excluding tert-OH is 1. The average Bonchev–Trinajstić information content (AvgIpc) is 3.39. The number of benzene rings is 1. The number of rotatable bonds is 7. The van der Waals surface area contributed by atoms with Gasteiger partial charge in [-0.3, -0.25) is 14.4 Å². The second-order valence-corrected chi connectivity index (χ2v) is 12.3. The molecule has 3 amide bonds. The first-order valence-corrected chi connectivity index (χ1v) is 13.4. The molecule has 3 saturated heterocycles. The molecule has 0 saturated carbocycles. The van der Waals surface area contributed by atoms with E-state index in [-0.39, 0.29) is 40.3 Å². The van der Waals surface area contributed by atoms with Gasteiger partial charge in [-0.2, -0.15) is 0 Å². The molecule has 1 spiro atoms. The number of carbonyl (C=O) groups is 3. The van der Waals surface area contributed by atoms with Crippen LogP contribution in [0.25, 0.3) is 0 Å². The Bertz CT molecular complexity index is 967. The maximum absolute atomic E-state index is 14.0. The average molecular weight is 559 g/mol. The van der Waals surface area contributed by atoms with Gasteiger partial charge in [0.05, 0.1) is 39.9 Å². The van der Waals surface area contributed by atoms with Crippen molar-refractivity contribution in [2.75, 3.05) is 19.0 Å². The summed E-state index contributed by atoms with van der Waals surface area (Å²) in [4.78, 5) is 42.3. The predicted molar refractivity (Wildman–Crippen MR) is 134 cm³/mol. The summed E-state index contributed by atoms with van der Waals surface area (Å²) in [5, 5.41) is 16.2. The van der Waals surface area contributed by atoms with Crippen molar-refractivity contribution >= 4 is 62.7 Å². The molecule has 3 unspecified atom stereocenters. The number of halogens is 2. The molecule has 3 heterocycles. The maximum atomic E-state index is 14.0. The van der Waals surface area contributed by atoms with Gasteiger partial charge in [-0.15, -0.1) is 11.8 Å². The summed E-state index contributed by atoms with van der Waals surface area (Å²) in [6.45, 7) is 3.71. The maximum Gasteiger partial charge on any atom is 0.248 e. The quantitative estimate of drug-likeness (QED) is 0.447. The van der Waals surface area contributed by atoms with Gasteiger partial charge in [0.1, 0.15) is 6.04 Å². The number of alkyl halides is 1. The molecule has 0 aromatic heterocycles. The molecule has 3 fully saturated rings. The first kappa shape index (κ1) is 24.8. The highest BCUT2D eigenvalue weighted by molar-refractivity contribution is 9.09. The van der Waals surface area contributed by atoms with Crippen LogP contribution in [-0.4, -0.2) is 68.3 Å². The van der Waals surface area contributed by atoms with Crippen LogP contribution in [0.15, 0.2) is 24.3 Å². The number of hydrogen-bond acceptors (Lipinski definition) is 5. The van der Waals surface area contributed by atoms with Crippen LogP contribution in [0, 0.1) is 17.8 Å². The smallest absolute Gasteiger partial charge is 0.248 e. The monoisotopic (exact) mass is 557 g/mol. The lowest BCUT2D eigenvalue weighted by atomic mass is 9.70. The molecule has 3 aliphatic rings. The van der Waals surface area contributed by atoms with Gasteiger partial charge in [-0.1, -0.05) is 59.9 Å². The Kier molecular flexibility index (Phi) is 7.07. The Balaban J connectivity index is 1.81. The molecule has 0 aliphatic carbocycles. The first-order valence-electron chi connectivity index (χ1n) is 11.2. The molecule has 3 aliphatic heterocycles. The van der Waals surface area contributed by atoms with E-state index in [1.54, 1.807) is 48.0 Å². The Labute approximate surface area is 211 Å². The summed E-state index contributed by atoms with van der Waals surface area (Å²) in [5.41, 5.74) is 0.469. The molecule has 1 aromatic rings. The summed E-state index contributed by atoms with van der Waals surface area (Å²) in [5.74, 6) is -1.94. The van der Waals surface area contributed by atoms with E-state index in [0.29, 0.717) is 17.1 Å². The second-order valence-electron chi connectivity index (χ2n) is 9.13. The number of nitrogens with one attached hydrogen (secondary N) is 2. The van der Waals surface area contributed by atoms with Gasteiger partial charge in [0.15, 0.2) is 0 Å². The third-order valence-corrected chi connectivity index (χ3v) is 11.1. The van der Waals surface area contributed by atoms with E-state index in [2.05, 4.69) is 26.6 Å². The van der Waals surface area contributed by atoms with Crippen molar-refractivity contribution in [3.63, 3.8) is 0 Å². The van der Waals surface area contributed by atoms with E-state index in [1.807, 2.05) is 13.8 Å². The van der Waals surface area contributed by atoms with Crippen molar-refractivity contribution < 1.29 is 19.5 Å². The normalized spacial score (nSPS) is 34.2. The van der Waals surface area contributed by atoms with Gasteiger partial charge in [-0.05, 0) is 24.5 Å². The van der Waals surface area contributed by atoms with E-state index >= 15 is 0 Å². The van der Waals surface area contributed by atoms with E-state index in [0.717, 1.165) is 6.42 Å². The standard InChI is InChI=1S/C23H29BrClN3O4S/c1-4-11(2)15(10-29)28-19(21(31)27-14-8-6-5-7-13(14)25)23-9-12(24)18(33-23)16(20(30)26-3)17(23)22(28)32/h5-8,11-12,15-19,29H,4,9-10H2,1-3H3,(H,26,30)(H,27,31)/t11-,12?,15-,16-,17-,18-,19?,23?/m0/s1. The van der Waals surface area contributed by atoms with Gasteiger partial charge < -0.3 is 20.6 Å². The zero-order chi connectivity index (χ0) is 24.1. The van der Waals surface area contributed by atoms with E-state index in [9.17, 15) is 19.5 Å². The van der Waals surface area contributed by atoms with E-state index in [1.165, 1.54) is 0 Å². The predicted octanol–water partition coefficient (Wildman–Crippen LogP) is 2.90. The van der Waals surface area contributed by atoms with Crippen molar-refractivity contribution in [2.24, 2.45) is 17.8 Å². The van der Waals surface area contributed by atoms with Crippen molar-refractivity contribution in [1.82, 2.24) is 10.2 Å². The van der Waals surface area contributed by atoms with Crippen LogP contribution in [0.3, 0.4) is 0 Å². The first-order chi connectivity index (χ1) is 15.7. The molecule has 10 heteroatoms. The Hall–Kier alpha value is -1.29. The fourth-order valence-electron chi connectivity index (χ4n) is 5.77. The van der Waals surface area contributed by atoms with Crippen molar-refractivity contribution in [3.8, 4) is 0 Å². The molecule has 180 valence electrons. The molecular weight excluding hydrogens is 530 g/mol. The number of amides is 3. The summed E-state index contributed by atoms with van der Waals surface area (Å²) >= 11 is 11.6. The zero-order valence-corrected chi connectivity index (χ0v) is 21.9. The Morgan fingerprint density at radius 3 is 2.67 bits per heavy atom. The number of hydrogen-bond donors (Lipinski definition) is 3. The van der Waals surface area contributed by atoms with Crippen molar-refractivity contribution in [3.05, 3.63) is 29.3 Å². The minimum Gasteiger partial charge on any atom is -0.394 e. The molecule has 0 radical (unpaired) electrons. The number of nitrogens with zero attached hydrogens (tertiary/aromatic N) is 1. The highest BCUT2D eigenvalue weighted by atomic mass is 79.9. The van der Waals surface area contributed by atoms with Gasteiger partial charge >= 0.3 is 0 Å². The summed E-state index contributed by atoms with van der Waals surface area (Å²) in [6, 6.07) is 5.61. The van der Waals surface area contributed by atoms with Crippen LogP contribution < -0.4 is 10.6 Å². The Morgan fingerprint density at radius 1 is 1.36 bits per heavy atom. The molecule has 4 rings (SSSR count). The molecule has 33 heavy (non-hydrogen) atoms. The second kappa shape index (κ2) is 9.40. The molecule has 7 nitrogen and oxygen atoms in total. The lowest BCUT2D eigenvalue weighted by Gasteiger charge is -2.39. The van der Waals surface area contributed by atoms with E-state index in [4.69, 9.17) is 11.6 Å². The van der Waals surface area contributed by atoms with Gasteiger partial charge in [0, 0.05) is 17.1 Å². The number of likely N-dealkylation sites (tertiary alicyclic amines) is 1. The SMILES string of the molecule is CC[C@H](C)[C@H](CO)N1C(=O)[C@@H]2[C@H](C(=O)NC)[C@H]3SC2(CC3Br)C1C(=O)Nc1ccccc1Cl. The number of aliphatic hydroxyl groups is 1. The number of carbonyl (C=O) groups excluding carboxylic acids is 3. The molecule has 1 aromatic carbocycles. The molecule has 2 bridgehead atoms. The van der Waals surface area contributed by atoms with Crippen LogP contribution in [0.2, 0.25) is 5.02 Å². The van der Waals surface area contributed by atoms with Crippen LogP contribution in [-0.2, 0) is 14.4 Å². The number of thioether (sulfide) groups is 1. The fraction of sp³-hybridized carbons (Fsp3) is 0.609. The topological polar surface area (TPSA) is 98.7 Å². The third kappa shape index (κ3) is 3.79. The minimum absolute atomic E-state index is 0.000545. The largest absolute Gasteiger partial charge is 0.394 e. The van der Waals surface area contributed by atoms with Crippen LogP contribution in [0.4, 0.5) is 5.69 Å². The summed E-state index contributed by atoms with van der Waals surface area (Å²) in [6.07, 6.45) is 1.32. The number of para-hydroxylation sites is 1.